The predicted octanol–water partition coefficient (Wildman–Crippen LogP) is 3.86. The van der Waals surface area contributed by atoms with E-state index in [0.29, 0.717) is 12.1 Å². The summed E-state index contributed by atoms with van der Waals surface area (Å²) in [5.74, 6) is 0. The fraction of sp³-hybridized carbons (Fsp3) is 0.409. The summed E-state index contributed by atoms with van der Waals surface area (Å²) >= 11 is 0. The Balaban J connectivity index is 1.45. The Labute approximate surface area is 150 Å². The molecule has 3 heteroatoms. The van der Waals surface area contributed by atoms with Crippen LogP contribution in [0.5, 0.6) is 0 Å². The lowest BCUT2D eigenvalue weighted by Gasteiger charge is -2.45. The van der Waals surface area contributed by atoms with E-state index < -0.39 is 0 Å². The molecule has 0 aliphatic carbocycles. The van der Waals surface area contributed by atoms with Gasteiger partial charge in [-0.1, -0.05) is 42.5 Å². The van der Waals surface area contributed by atoms with Crippen molar-refractivity contribution in [3.8, 4) is 0 Å². The summed E-state index contributed by atoms with van der Waals surface area (Å²) in [4.78, 5) is 2.44. The molecule has 25 heavy (non-hydrogen) atoms. The lowest BCUT2D eigenvalue weighted by molar-refractivity contribution is 0.0192. The van der Waals surface area contributed by atoms with E-state index in [9.17, 15) is 0 Å². The van der Waals surface area contributed by atoms with Gasteiger partial charge in [-0.05, 0) is 54.9 Å². The number of aryl methyl sites for hydroxylation is 1. The fourth-order valence-electron chi connectivity index (χ4n) is 4.51. The molecule has 3 heterocycles. The van der Waals surface area contributed by atoms with Crippen LogP contribution in [0.15, 0.2) is 48.5 Å². The van der Waals surface area contributed by atoms with Gasteiger partial charge in [0, 0.05) is 18.3 Å². The van der Waals surface area contributed by atoms with E-state index in [1.165, 1.54) is 28.8 Å². The minimum atomic E-state index is 0.289. The molecule has 2 aromatic carbocycles. The van der Waals surface area contributed by atoms with Gasteiger partial charge in [-0.2, -0.15) is 0 Å². The predicted molar refractivity (Wildman–Crippen MR) is 99.3 cm³/mol. The summed E-state index contributed by atoms with van der Waals surface area (Å²) in [5, 5.41) is 3.76. The minimum absolute atomic E-state index is 0.289. The van der Waals surface area contributed by atoms with Crippen molar-refractivity contribution in [2.45, 2.75) is 50.4 Å². The van der Waals surface area contributed by atoms with Crippen LogP contribution >= 0.6 is 0 Å². The Morgan fingerprint density at radius 1 is 1.00 bits per heavy atom. The van der Waals surface area contributed by atoms with E-state index in [0.717, 1.165) is 32.3 Å². The number of fused-ring (bicyclic) bond motifs is 2. The van der Waals surface area contributed by atoms with Crippen molar-refractivity contribution in [3.63, 3.8) is 0 Å². The van der Waals surface area contributed by atoms with Crippen molar-refractivity contribution in [2.75, 3.05) is 11.9 Å². The molecular formula is C22H24N2O. The van der Waals surface area contributed by atoms with Crippen molar-refractivity contribution >= 4 is 5.69 Å². The van der Waals surface area contributed by atoms with Crippen LogP contribution in [-0.2, 0) is 17.6 Å². The molecule has 3 unspecified atom stereocenters. The highest BCUT2D eigenvalue weighted by Crippen LogP contribution is 2.35. The number of nitrogens with zero attached hydrogens (tertiary/aromatic N) is 1. The van der Waals surface area contributed by atoms with Crippen LogP contribution in [-0.4, -0.2) is 29.8 Å². The number of ether oxygens (including phenoxy) is 1. The summed E-state index contributed by atoms with van der Waals surface area (Å²) in [6.07, 6.45) is 6.22. The number of nitrogens with one attached hydrogen (secondary N) is 1. The van der Waals surface area contributed by atoms with Crippen LogP contribution in [0.3, 0.4) is 0 Å². The average molecular weight is 332 g/mol. The molecule has 1 fully saturated rings. The molecule has 2 radical (unpaired) electrons. The first kappa shape index (κ1) is 15.4. The number of para-hydroxylation sites is 1. The molecule has 0 aromatic heterocycles. The van der Waals surface area contributed by atoms with Gasteiger partial charge in [-0.25, -0.2) is 0 Å². The zero-order valence-corrected chi connectivity index (χ0v) is 14.4. The molecule has 128 valence electrons. The Kier molecular flexibility index (Phi) is 3.99. The number of hydrogen-bond acceptors (Lipinski definition) is 3. The first-order valence-electron chi connectivity index (χ1n) is 9.47. The van der Waals surface area contributed by atoms with Crippen LogP contribution in [0.2, 0.25) is 0 Å². The molecule has 0 spiro atoms. The molecule has 3 aliphatic heterocycles. The van der Waals surface area contributed by atoms with Crippen molar-refractivity contribution < 1.29 is 4.74 Å². The Morgan fingerprint density at radius 3 is 2.72 bits per heavy atom. The quantitative estimate of drug-likeness (QED) is 0.904. The van der Waals surface area contributed by atoms with Gasteiger partial charge in [-0.3, -0.25) is 4.90 Å². The second-order valence-corrected chi connectivity index (χ2v) is 7.36. The van der Waals surface area contributed by atoms with Gasteiger partial charge in [0.2, 0.25) is 0 Å². The van der Waals surface area contributed by atoms with E-state index >= 15 is 0 Å². The summed E-state index contributed by atoms with van der Waals surface area (Å²) in [7, 11) is 0. The summed E-state index contributed by atoms with van der Waals surface area (Å²) in [5.41, 5.74) is 5.32. The van der Waals surface area contributed by atoms with Crippen molar-refractivity contribution in [3.05, 3.63) is 71.8 Å². The maximum absolute atomic E-state index is 6.09. The lowest BCUT2D eigenvalue weighted by Crippen LogP contribution is -2.54. The number of benzene rings is 2. The second-order valence-electron chi connectivity index (χ2n) is 7.36. The van der Waals surface area contributed by atoms with Gasteiger partial charge in [0.05, 0.1) is 18.8 Å². The summed E-state index contributed by atoms with van der Waals surface area (Å²) in [6, 6.07) is 17.7. The third-order valence-corrected chi connectivity index (χ3v) is 5.81. The molecule has 0 amide bonds. The van der Waals surface area contributed by atoms with Crippen LogP contribution < -0.4 is 5.32 Å². The summed E-state index contributed by atoms with van der Waals surface area (Å²) < 4.78 is 6.09. The zero-order chi connectivity index (χ0) is 16.6. The number of rotatable bonds is 2. The van der Waals surface area contributed by atoms with Crippen LogP contribution in [0, 0.1) is 6.54 Å². The molecule has 5 rings (SSSR count). The normalized spacial score (nSPS) is 28.9. The standard InChI is InChI=1S/C22H24N2O/c1-2-8-18-15-24(20(14-17(18)7-1)21-10-5-13-25-21)22-12-11-16-6-3-4-9-19(16)23-22/h1-4,6-9,20-23H,5,10-14H2. The Morgan fingerprint density at radius 2 is 1.84 bits per heavy atom. The maximum Gasteiger partial charge on any atom is 0.0986 e. The topological polar surface area (TPSA) is 24.5 Å². The smallest absolute Gasteiger partial charge is 0.0986 e. The molecule has 1 N–H and O–H groups in total. The first-order chi connectivity index (χ1) is 12.4. The molecule has 3 aliphatic rings. The van der Waals surface area contributed by atoms with Crippen molar-refractivity contribution in [2.24, 2.45) is 0 Å². The molecule has 3 atom stereocenters. The Hall–Kier alpha value is -1.84. The lowest BCUT2D eigenvalue weighted by atomic mass is 9.88. The van der Waals surface area contributed by atoms with Gasteiger partial charge in [0.1, 0.15) is 0 Å². The maximum atomic E-state index is 6.09. The molecule has 0 saturated carbocycles. The van der Waals surface area contributed by atoms with Gasteiger partial charge in [-0.15, -0.1) is 0 Å². The van der Waals surface area contributed by atoms with Gasteiger partial charge < -0.3 is 10.1 Å². The van der Waals surface area contributed by atoms with E-state index in [4.69, 9.17) is 4.74 Å². The molecule has 3 nitrogen and oxygen atoms in total. The zero-order valence-electron chi connectivity index (χ0n) is 14.4. The van der Waals surface area contributed by atoms with Crippen molar-refractivity contribution in [1.29, 1.82) is 0 Å². The first-order valence-corrected chi connectivity index (χ1v) is 9.47. The van der Waals surface area contributed by atoms with E-state index in [1.807, 2.05) is 0 Å². The van der Waals surface area contributed by atoms with Crippen LogP contribution in [0.25, 0.3) is 0 Å². The summed E-state index contributed by atoms with van der Waals surface area (Å²) in [6.45, 7) is 4.62. The molecule has 1 saturated heterocycles. The number of hydrogen-bond donors (Lipinski definition) is 1. The van der Waals surface area contributed by atoms with E-state index in [-0.39, 0.29) is 6.17 Å². The van der Waals surface area contributed by atoms with Crippen LogP contribution in [0.4, 0.5) is 5.69 Å². The van der Waals surface area contributed by atoms with Crippen molar-refractivity contribution in [1.82, 2.24) is 4.90 Å². The van der Waals surface area contributed by atoms with E-state index in [2.05, 4.69) is 65.3 Å². The highest BCUT2D eigenvalue weighted by molar-refractivity contribution is 5.54. The van der Waals surface area contributed by atoms with E-state index in [1.54, 1.807) is 0 Å². The largest absolute Gasteiger partial charge is 0.377 e. The average Bonchev–Trinajstić information content (AvgIpc) is 3.21. The van der Waals surface area contributed by atoms with Gasteiger partial charge in [0.15, 0.2) is 0 Å². The second kappa shape index (κ2) is 6.47. The van der Waals surface area contributed by atoms with Gasteiger partial charge in [0.25, 0.3) is 0 Å². The molecular weight excluding hydrogens is 308 g/mol. The Bertz CT molecular complexity index is 753. The number of anilines is 1. The monoisotopic (exact) mass is 332 g/mol. The van der Waals surface area contributed by atoms with Crippen LogP contribution in [0.1, 0.15) is 36.0 Å². The molecule has 0 bridgehead atoms. The highest BCUT2D eigenvalue weighted by Gasteiger charge is 2.39. The highest BCUT2D eigenvalue weighted by atomic mass is 16.5. The third-order valence-electron chi connectivity index (χ3n) is 5.81. The molecule has 2 aromatic rings. The van der Waals surface area contributed by atoms with Gasteiger partial charge >= 0.3 is 0 Å². The third kappa shape index (κ3) is 2.86. The SMILES string of the molecule is [C]1c2ccccc2CC(C2CCCO2)N1C1CCc2ccccc2N1. The minimum Gasteiger partial charge on any atom is -0.377 e. The fourth-order valence-corrected chi connectivity index (χ4v) is 4.51.